The normalized spacial score (nSPS) is 11.2. The summed E-state index contributed by atoms with van der Waals surface area (Å²) in [6, 6.07) is -0.933. The molecule has 0 spiro atoms. The molecule has 0 saturated carbocycles. The molecule has 3 amide bonds. The maximum absolute atomic E-state index is 11.4. The van der Waals surface area contributed by atoms with Crippen LogP contribution in [0.25, 0.3) is 0 Å². The van der Waals surface area contributed by atoms with Crippen LogP contribution in [0.4, 0.5) is 0 Å². The zero-order valence-electron chi connectivity index (χ0n) is 37.9. The summed E-state index contributed by atoms with van der Waals surface area (Å²) in [5, 5.41) is 27.8. The lowest BCUT2D eigenvalue weighted by Gasteiger charge is -2.11. The zero-order valence-corrected chi connectivity index (χ0v) is 39.7. The topological polar surface area (TPSA) is 257 Å². The van der Waals surface area contributed by atoms with E-state index in [1.165, 1.54) is 57.8 Å². The van der Waals surface area contributed by atoms with Crippen LogP contribution in [-0.4, -0.2) is 151 Å². The van der Waals surface area contributed by atoms with Gasteiger partial charge in [0.1, 0.15) is 25.2 Å². The van der Waals surface area contributed by atoms with Crippen molar-refractivity contribution in [3.63, 3.8) is 0 Å². The van der Waals surface area contributed by atoms with Crippen LogP contribution < -0.4 is 26.0 Å². The number of amides is 3. The van der Waals surface area contributed by atoms with Gasteiger partial charge in [-0.05, 0) is 58.8 Å². The van der Waals surface area contributed by atoms with Crippen LogP contribution in [0.15, 0.2) is 0 Å². The quantitative estimate of drug-likeness (QED) is 0.0239. The molecule has 0 aliphatic rings. The fourth-order valence-corrected chi connectivity index (χ4v) is 5.35. The van der Waals surface area contributed by atoms with E-state index in [9.17, 15) is 33.6 Å². The SMILES string of the molecule is CCOCCOCCNC(=O)CCC(NC)C(=O)O.CS.O=CCCCCCCCCCCCCCCC(=O)O.O=CNCCOCCOCC(=O)NCCCCC(C=O)NS. The Kier molecular flexibility index (Phi) is 61.7. The number of hydrogen-bond donors (Lipinski definition) is 9. The standard InChI is InChI=1S/C16H30O3.C13H25N3O5S.C12H24N2O5.CH4S/c17-15-13-11-9-7-5-3-1-2-4-6-8-10-12-14-16(18)19;17-9-12(16-22)3-1-2-4-15-13(19)10-21-8-7-20-6-5-14-11-18;1-3-18-8-9-19-7-6-14-11(15)5-4-10(13-2)12(16)17;1-2/h15H,1-14H2,(H,18,19);9,11-12,16,22H,1-8,10H2,(H,14,18)(H,15,19);10,13H,3-9H2,1-2H3,(H,14,15)(H,16,17);2H,1H3. The Bertz CT molecular complexity index is 1040. The number of thiol groups is 2. The van der Waals surface area contributed by atoms with Gasteiger partial charge in [0.05, 0.1) is 45.7 Å². The third-order valence-electron chi connectivity index (χ3n) is 8.59. The highest BCUT2D eigenvalue weighted by atomic mass is 32.1. The molecule has 7 N–H and O–H groups in total. The Morgan fingerprint density at radius 1 is 0.613 bits per heavy atom. The monoisotopic (exact) mass is 930 g/mol. The first kappa shape index (κ1) is 65.8. The van der Waals surface area contributed by atoms with Crippen LogP contribution in [0.5, 0.6) is 0 Å². The van der Waals surface area contributed by atoms with E-state index in [-0.39, 0.29) is 37.3 Å². The van der Waals surface area contributed by atoms with Crippen LogP contribution in [0.2, 0.25) is 0 Å². The molecule has 0 heterocycles. The molecule has 62 heavy (non-hydrogen) atoms. The average Bonchev–Trinajstić information content (AvgIpc) is 3.26. The second-order valence-electron chi connectivity index (χ2n) is 13.7. The van der Waals surface area contributed by atoms with Crippen molar-refractivity contribution in [1.29, 1.82) is 0 Å². The molecule has 20 heteroatoms. The number of carboxylic acid groups (broad SMARTS) is 2. The molecule has 0 aromatic carbocycles. The van der Waals surface area contributed by atoms with Crippen molar-refractivity contribution < 1.29 is 62.7 Å². The van der Waals surface area contributed by atoms with Gasteiger partial charge in [0, 0.05) is 45.5 Å². The van der Waals surface area contributed by atoms with Crippen LogP contribution in [0, 0.1) is 0 Å². The average molecular weight is 930 g/mol. The summed E-state index contributed by atoms with van der Waals surface area (Å²) < 4.78 is 23.2. The third-order valence-corrected chi connectivity index (χ3v) is 8.92. The van der Waals surface area contributed by atoms with E-state index in [1.807, 2.05) is 6.92 Å². The summed E-state index contributed by atoms with van der Waals surface area (Å²) in [5.74, 6) is -1.97. The molecule has 2 unspecified atom stereocenters. The molecule has 0 aromatic rings. The molecule has 0 fully saturated rings. The Morgan fingerprint density at radius 2 is 1.15 bits per heavy atom. The lowest BCUT2D eigenvalue weighted by atomic mass is 10.0. The van der Waals surface area contributed by atoms with Crippen LogP contribution in [0.3, 0.4) is 0 Å². The second kappa shape index (κ2) is 58.1. The summed E-state index contributed by atoms with van der Waals surface area (Å²) in [4.78, 5) is 74.4. The Morgan fingerprint density at radius 3 is 1.65 bits per heavy atom. The first-order valence-corrected chi connectivity index (χ1v) is 23.3. The molecule has 0 bridgehead atoms. The first-order valence-electron chi connectivity index (χ1n) is 22.0. The van der Waals surface area contributed by atoms with Gasteiger partial charge < -0.3 is 60.0 Å². The molecule has 0 saturated heterocycles. The fraction of sp³-hybridized carbons (Fsp3) is 0.833. The maximum Gasteiger partial charge on any atom is 0.320 e. The fourth-order valence-electron chi connectivity index (χ4n) is 5.16. The van der Waals surface area contributed by atoms with Gasteiger partial charge in [-0.1, -0.05) is 77.0 Å². The summed E-state index contributed by atoms with van der Waals surface area (Å²) >= 11 is 7.36. The van der Waals surface area contributed by atoms with E-state index in [1.54, 1.807) is 13.3 Å². The highest BCUT2D eigenvalue weighted by molar-refractivity contribution is 7.79. The number of unbranched alkanes of at least 4 members (excludes halogenated alkanes) is 13. The minimum absolute atomic E-state index is 0.00882. The van der Waals surface area contributed by atoms with Crippen molar-refractivity contribution in [2.24, 2.45) is 0 Å². The smallest absolute Gasteiger partial charge is 0.320 e. The molecule has 0 aliphatic carbocycles. The van der Waals surface area contributed by atoms with Gasteiger partial charge in [-0.25, -0.2) is 0 Å². The van der Waals surface area contributed by atoms with Gasteiger partial charge in [0.2, 0.25) is 18.2 Å². The van der Waals surface area contributed by atoms with E-state index in [4.69, 9.17) is 29.2 Å². The van der Waals surface area contributed by atoms with E-state index in [2.05, 4.69) is 51.4 Å². The number of hydrogen-bond acceptors (Lipinski definition) is 15. The molecule has 18 nitrogen and oxygen atoms in total. The van der Waals surface area contributed by atoms with Gasteiger partial charge >= 0.3 is 11.9 Å². The van der Waals surface area contributed by atoms with Crippen molar-refractivity contribution in [2.45, 2.75) is 141 Å². The molecule has 0 radical (unpaired) electrons. The van der Waals surface area contributed by atoms with Gasteiger partial charge in [-0.15, -0.1) is 0 Å². The Hall–Kier alpha value is -2.85. The van der Waals surface area contributed by atoms with Crippen molar-refractivity contribution in [3.05, 3.63) is 0 Å². The van der Waals surface area contributed by atoms with Crippen molar-refractivity contribution in [2.75, 3.05) is 85.8 Å². The zero-order chi connectivity index (χ0) is 47.2. The number of nitrogens with one attached hydrogen (secondary N) is 5. The number of carboxylic acids is 2. The lowest BCUT2D eigenvalue weighted by Crippen LogP contribution is -2.36. The Labute approximate surface area is 382 Å². The van der Waals surface area contributed by atoms with Crippen molar-refractivity contribution in [3.8, 4) is 0 Å². The summed E-state index contributed by atoms with van der Waals surface area (Å²) in [6.07, 6.45) is 22.3. The van der Waals surface area contributed by atoms with Crippen molar-refractivity contribution in [1.82, 2.24) is 26.0 Å². The Balaban J connectivity index is -0.000000400. The number of aliphatic carboxylic acids is 2. The van der Waals surface area contributed by atoms with Gasteiger partial charge in [-0.3, -0.25) is 28.7 Å². The number of carbonyl (C=O) groups is 7. The van der Waals surface area contributed by atoms with E-state index >= 15 is 0 Å². The van der Waals surface area contributed by atoms with E-state index < -0.39 is 18.0 Å². The van der Waals surface area contributed by atoms with Gasteiger partial charge in [-0.2, -0.15) is 12.6 Å². The molecule has 366 valence electrons. The predicted octanol–water partition coefficient (Wildman–Crippen LogP) is 3.94. The predicted molar refractivity (Wildman–Crippen MR) is 248 cm³/mol. The van der Waals surface area contributed by atoms with Crippen LogP contribution >= 0.6 is 25.4 Å². The number of aldehydes is 2. The molecule has 2 atom stereocenters. The molecule has 0 aromatic heterocycles. The third kappa shape index (κ3) is 59.2. The largest absolute Gasteiger partial charge is 0.481 e. The van der Waals surface area contributed by atoms with Crippen LogP contribution in [-0.2, 0) is 52.5 Å². The van der Waals surface area contributed by atoms with Gasteiger partial charge in [0.25, 0.3) is 0 Å². The number of ether oxygens (including phenoxy) is 4. The second-order valence-corrected chi connectivity index (χ2v) is 13.9. The van der Waals surface area contributed by atoms with E-state index in [0.29, 0.717) is 85.1 Å². The number of carbonyl (C=O) groups excluding carboxylic acids is 5. The van der Waals surface area contributed by atoms with Gasteiger partial charge in [0.15, 0.2) is 0 Å². The molecular formula is C42H83N5O13S2. The number of rotatable bonds is 43. The highest BCUT2D eigenvalue weighted by Crippen LogP contribution is 2.12. The summed E-state index contributed by atoms with van der Waals surface area (Å²) in [7, 11) is 1.56. The lowest BCUT2D eigenvalue weighted by molar-refractivity contribution is -0.140. The first-order chi connectivity index (χ1) is 30.1. The molecular weight excluding hydrogens is 847 g/mol. The summed E-state index contributed by atoms with van der Waals surface area (Å²) in [5.41, 5.74) is 0. The molecule has 0 rings (SSSR count). The van der Waals surface area contributed by atoms with Crippen LogP contribution in [0.1, 0.15) is 129 Å². The van der Waals surface area contributed by atoms with E-state index in [0.717, 1.165) is 51.1 Å². The number of likely N-dealkylation sites (N-methyl/N-ethyl adjacent to an activating group) is 1. The maximum atomic E-state index is 11.4. The summed E-state index contributed by atoms with van der Waals surface area (Å²) in [6.45, 7) is 6.58. The molecule has 0 aliphatic heterocycles. The van der Waals surface area contributed by atoms with Crippen molar-refractivity contribution >= 4 is 68.2 Å². The minimum atomic E-state index is -0.949. The minimum Gasteiger partial charge on any atom is -0.481 e. The highest BCUT2D eigenvalue weighted by Gasteiger charge is 2.16.